The topological polar surface area (TPSA) is 66.0 Å². The molecule has 0 N–H and O–H groups in total. The highest BCUT2D eigenvalue weighted by molar-refractivity contribution is 5.43. The molecule has 0 unspecified atom stereocenters. The molecule has 0 aromatic carbocycles. The molecular formula is C12H12N2O2. The highest BCUT2D eigenvalue weighted by Gasteiger charge is 2.52. The third kappa shape index (κ3) is 1.21. The summed E-state index contributed by atoms with van der Waals surface area (Å²) in [4.78, 5) is 0. The molecule has 0 aromatic rings. The Hall–Kier alpha value is -1.36. The van der Waals surface area contributed by atoms with Gasteiger partial charge in [-0.1, -0.05) is 0 Å². The van der Waals surface area contributed by atoms with Crippen LogP contribution in [0.5, 0.6) is 0 Å². The molecule has 4 nitrogen and oxygen atoms in total. The van der Waals surface area contributed by atoms with Crippen LogP contribution in [0.25, 0.3) is 0 Å². The molecule has 3 aliphatic rings. The fourth-order valence-electron chi connectivity index (χ4n) is 3.14. The van der Waals surface area contributed by atoms with Gasteiger partial charge in [0, 0.05) is 12.5 Å². The van der Waals surface area contributed by atoms with E-state index >= 15 is 0 Å². The number of nitrogens with zero attached hydrogens (tertiary/aromatic N) is 2. The SMILES string of the molecule is N#CC(C#N)=C1CC[C@@H]2O[C@H]1[C@@H]1OCC[C@@H]12. The summed E-state index contributed by atoms with van der Waals surface area (Å²) in [5.41, 5.74) is 1.08. The van der Waals surface area contributed by atoms with Gasteiger partial charge < -0.3 is 9.47 Å². The van der Waals surface area contributed by atoms with Gasteiger partial charge in [0.05, 0.1) is 12.2 Å². The average Bonchev–Trinajstić information content (AvgIpc) is 2.87. The number of hydrogen-bond donors (Lipinski definition) is 0. The van der Waals surface area contributed by atoms with Crippen molar-refractivity contribution in [2.75, 3.05) is 6.61 Å². The molecule has 3 aliphatic heterocycles. The predicted molar refractivity (Wildman–Crippen MR) is 54.0 cm³/mol. The van der Waals surface area contributed by atoms with Crippen molar-refractivity contribution in [3.63, 3.8) is 0 Å². The minimum Gasteiger partial charge on any atom is -0.375 e. The second-order valence-corrected chi connectivity index (χ2v) is 4.55. The number of fused-ring (bicyclic) bond motifs is 5. The van der Waals surface area contributed by atoms with E-state index < -0.39 is 0 Å². The maximum absolute atomic E-state index is 8.92. The minimum atomic E-state index is -0.138. The Morgan fingerprint density at radius 1 is 1.25 bits per heavy atom. The van der Waals surface area contributed by atoms with E-state index in [0.717, 1.165) is 31.4 Å². The van der Waals surface area contributed by atoms with Crippen molar-refractivity contribution >= 4 is 0 Å². The largest absolute Gasteiger partial charge is 0.375 e. The predicted octanol–water partition coefficient (Wildman–Crippen LogP) is 1.30. The quantitative estimate of drug-likeness (QED) is 0.572. The summed E-state index contributed by atoms with van der Waals surface area (Å²) >= 11 is 0. The van der Waals surface area contributed by atoms with Gasteiger partial charge in [0.1, 0.15) is 23.8 Å². The number of ether oxygens (including phenoxy) is 2. The summed E-state index contributed by atoms with van der Waals surface area (Å²) in [5, 5.41) is 17.8. The van der Waals surface area contributed by atoms with E-state index in [0.29, 0.717) is 5.92 Å². The van der Waals surface area contributed by atoms with Crippen LogP contribution >= 0.6 is 0 Å². The van der Waals surface area contributed by atoms with Crippen molar-refractivity contribution in [1.29, 1.82) is 10.5 Å². The molecule has 4 atom stereocenters. The normalized spacial score (nSPS) is 40.0. The van der Waals surface area contributed by atoms with Gasteiger partial charge in [0.2, 0.25) is 0 Å². The lowest BCUT2D eigenvalue weighted by Crippen LogP contribution is -2.28. The van der Waals surface area contributed by atoms with Gasteiger partial charge >= 0.3 is 0 Å². The molecule has 0 aromatic heterocycles. The third-order valence-corrected chi connectivity index (χ3v) is 3.87. The van der Waals surface area contributed by atoms with Crippen LogP contribution in [0.2, 0.25) is 0 Å². The first-order valence-corrected chi connectivity index (χ1v) is 5.65. The van der Waals surface area contributed by atoms with Crippen LogP contribution in [-0.4, -0.2) is 24.9 Å². The van der Waals surface area contributed by atoms with E-state index in [4.69, 9.17) is 20.0 Å². The van der Waals surface area contributed by atoms with Crippen molar-refractivity contribution in [3.05, 3.63) is 11.1 Å². The second-order valence-electron chi connectivity index (χ2n) is 4.55. The smallest absolute Gasteiger partial charge is 0.131 e. The molecule has 0 spiro atoms. The average molecular weight is 216 g/mol. The van der Waals surface area contributed by atoms with Crippen molar-refractivity contribution < 1.29 is 9.47 Å². The molecule has 4 heteroatoms. The number of allylic oxidation sites excluding steroid dienone is 1. The van der Waals surface area contributed by atoms with E-state index in [9.17, 15) is 0 Å². The van der Waals surface area contributed by atoms with E-state index in [1.807, 2.05) is 12.1 Å². The van der Waals surface area contributed by atoms with Crippen LogP contribution in [0.4, 0.5) is 0 Å². The first-order chi connectivity index (χ1) is 7.85. The van der Waals surface area contributed by atoms with Crippen LogP contribution in [0, 0.1) is 28.6 Å². The fourth-order valence-corrected chi connectivity index (χ4v) is 3.14. The lowest BCUT2D eigenvalue weighted by molar-refractivity contribution is -0.0168. The molecule has 0 radical (unpaired) electrons. The van der Waals surface area contributed by atoms with E-state index in [2.05, 4.69) is 0 Å². The van der Waals surface area contributed by atoms with Crippen molar-refractivity contribution in [2.45, 2.75) is 37.6 Å². The maximum atomic E-state index is 8.92. The van der Waals surface area contributed by atoms with Gasteiger partial charge in [-0.25, -0.2) is 0 Å². The van der Waals surface area contributed by atoms with Gasteiger partial charge in [0.25, 0.3) is 0 Å². The summed E-state index contributed by atoms with van der Waals surface area (Å²) in [6.45, 7) is 0.785. The van der Waals surface area contributed by atoms with Gasteiger partial charge in [-0.3, -0.25) is 0 Å². The lowest BCUT2D eigenvalue weighted by atomic mass is 9.95. The Labute approximate surface area is 94.1 Å². The number of nitriles is 2. The molecule has 16 heavy (non-hydrogen) atoms. The first-order valence-electron chi connectivity index (χ1n) is 5.65. The zero-order chi connectivity index (χ0) is 11.1. The molecule has 3 saturated heterocycles. The third-order valence-electron chi connectivity index (χ3n) is 3.87. The summed E-state index contributed by atoms with van der Waals surface area (Å²) in [6, 6.07) is 3.93. The maximum Gasteiger partial charge on any atom is 0.131 e. The van der Waals surface area contributed by atoms with E-state index in [1.165, 1.54) is 0 Å². The van der Waals surface area contributed by atoms with Crippen molar-refractivity contribution in [2.24, 2.45) is 5.92 Å². The second kappa shape index (κ2) is 3.59. The summed E-state index contributed by atoms with van der Waals surface area (Å²) in [7, 11) is 0. The molecule has 0 saturated carbocycles. The first kappa shape index (κ1) is 9.84. The summed E-state index contributed by atoms with van der Waals surface area (Å²) < 4.78 is 11.6. The van der Waals surface area contributed by atoms with Crippen molar-refractivity contribution in [3.8, 4) is 12.1 Å². The monoisotopic (exact) mass is 216 g/mol. The zero-order valence-corrected chi connectivity index (χ0v) is 8.85. The fraction of sp³-hybridized carbons (Fsp3) is 0.667. The molecule has 0 aliphatic carbocycles. The Bertz CT molecular complexity index is 413. The van der Waals surface area contributed by atoms with Crippen LogP contribution in [-0.2, 0) is 9.47 Å². The Morgan fingerprint density at radius 3 is 2.81 bits per heavy atom. The standard InChI is InChI=1S/C12H12N2O2/c13-5-7(6-14)8-1-2-10-9-3-4-15-11(9)12(8)16-10/h9-12H,1-4H2/t9-,10+,11-,12-/m1/s1. The highest BCUT2D eigenvalue weighted by atomic mass is 16.6. The highest BCUT2D eigenvalue weighted by Crippen LogP contribution is 2.46. The molecule has 82 valence electrons. The molecule has 3 rings (SSSR count). The molecule has 0 amide bonds. The van der Waals surface area contributed by atoms with Crippen LogP contribution in [0.1, 0.15) is 19.3 Å². The van der Waals surface area contributed by atoms with Gasteiger partial charge in [-0.05, 0) is 24.8 Å². The molecule has 3 heterocycles. The number of hydrogen-bond acceptors (Lipinski definition) is 4. The van der Waals surface area contributed by atoms with Gasteiger partial charge in [-0.2, -0.15) is 10.5 Å². The lowest BCUT2D eigenvalue weighted by Gasteiger charge is -2.25. The Kier molecular flexibility index (Phi) is 2.21. The molecule has 2 bridgehead atoms. The Morgan fingerprint density at radius 2 is 2.06 bits per heavy atom. The van der Waals surface area contributed by atoms with Gasteiger partial charge in [0.15, 0.2) is 0 Å². The molecular weight excluding hydrogens is 204 g/mol. The van der Waals surface area contributed by atoms with Gasteiger partial charge in [-0.15, -0.1) is 0 Å². The minimum absolute atomic E-state index is 0.0826. The van der Waals surface area contributed by atoms with E-state index in [-0.39, 0.29) is 23.9 Å². The van der Waals surface area contributed by atoms with Crippen LogP contribution in [0.3, 0.4) is 0 Å². The Balaban J connectivity index is 1.99. The van der Waals surface area contributed by atoms with Crippen LogP contribution < -0.4 is 0 Å². The van der Waals surface area contributed by atoms with E-state index in [1.54, 1.807) is 0 Å². The molecule has 3 fully saturated rings. The van der Waals surface area contributed by atoms with Crippen molar-refractivity contribution in [1.82, 2.24) is 0 Å². The summed E-state index contributed by atoms with van der Waals surface area (Å²) in [5.74, 6) is 0.473. The summed E-state index contributed by atoms with van der Waals surface area (Å²) in [6.07, 6.45) is 3.00. The zero-order valence-electron chi connectivity index (χ0n) is 8.85. The van der Waals surface area contributed by atoms with Crippen LogP contribution in [0.15, 0.2) is 11.1 Å². The number of rotatable bonds is 0.